The summed E-state index contributed by atoms with van der Waals surface area (Å²) < 4.78 is 26.7. The molecule has 1 saturated carbocycles. The number of rotatable bonds is 5. The van der Waals surface area contributed by atoms with E-state index in [0.717, 1.165) is 13.1 Å². The van der Waals surface area contributed by atoms with E-state index >= 15 is 0 Å². The second-order valence-corrected chi connectivity index (χ2v) is 11.7. The number of carbonyl (C=O) groups is 2. The molecule has 0 bridgehead atoms. The zero-order valence-electron chi connectivity index (χ0n) is 18.0. The minimum absolute atomic E-state index is 0.00935. The van der Waals surface area contributed by atoms with Crippen LogP contribution in [0.2, 0.25) is 5.02 Å². The van der Waals surface area contributed by atoms with E-state index in [1.807, 2.05) is 7.05 Å². The first-order valence-corrected chi connectivity index (χ1v) is 12.8. The molecule has 8 nitrogen and oxygen atoms in total. The maximum atomic E-state index is 13.4. The summed E-state index contributed by atoms with van der Waals surface area (Å²) in [4.78, 5) is 30.1. The number of hydrogen-bond donors (Lipinski definition) is 1. The molecule has 2 amide bonds. The molecule has 0 aromatic heterocycles. The van der Waals surface area contributed by atoms with Crippen molar-refractivity contribution in [2.45, 2.75) is 53.8 Å². The van der Waals surface area contributed by atoms with E-state index in [4.69, 9.17) is 11.6 Å². The molecule has 3 aliphatic rings. The minimum atomic E-state index is -3.85. The molecule has 1 N–H and O–H groups in total. The quantitative estimate of drug-likeness (QED) is 0.688. The molecule has 0 spiro atoms. The van der Waals surface area contributed by atoms with Crippen LogP contribution in [0.15, 0.2) is 29.2 Å². The maximum Gasteiger partial charge on any atom is 0.244 e. The van der Waals surface area contributed by atoms with E-state index in [1.165, 1.54) is 17.0 Å². The summed E-state index contributed by atoms with van der Waals surface area (Å²) in [7, 11) is -1.86. The van der Waals surface area contributed by atoms with Crippen LogP contribution in [0.5, 0.6) is 0 Å². The van der Waals surface area contributed by atoms with Crippen molar-refractivity contribution < 1.29 is 18.0 Å². The van der Waals surface area contributed by atoms with Crippen molar-refractivity contribution in [1.82, 2.24) is 15.1 Å². The monoisotopic (exact) mass is 478 g/mol. The van der Waals surface area contributed by atoms with E-state index in [9.17, 15) is 23.3 Å². The Balaban J connectivity index is 1.60. The topological polar surface area (TPSA) is 111 Å². The summed E-state index contributed by atoms with van der Waals surface area (Å²) >= 11 is 6.15. The van der Waals surface area contributed by atoms with Gasteiger partial charge in [0.1, 0.15) is 11.6 Å². The normalized spacial score (nSPS) is 25.8. The van der Waals surface area contributed by atoms with Gasteiger partial charge in [-0.1, -0.05) is 23.7 Å². The fraction of sp³-hybridized carbons (Fsp3) is 0.591. The molecule has 0 radical (unpaired) electrons. The molecule has 3 fully saturated rings. The summed E-state index contributed by atoms with van der Waals surface area (Å²) in [6.07, 6.45) is 2.45. The van der Waals surface area contributed by atoms with Gasteiger partial charge in [-0.3, -0.25) is 9.59 Å². The fourth-order valence-electron chi connectivity index (χ4n) is 4.57. The molecule has 10 heteroatoms. The molecular weight excluding hydrogens is 452 g/mol. The van der Waals surface area contributed by atoms with E-state index in [0.29, 0.717) is 25.7 Å². The van der Waals surface area contributed by atoms with Crippen LogP contribution in [0.25, 0.3) is 0 Å². The summed E-state index contributed by atoms with van der Waals surface area (Å²) in [5, 5.41) is 11.3. The largest absolute Gasteiger partial charge is 0.336 e. The van der Waals surface area contributed by atoms with Gasteiger partial charge in [-0.05, 0) is 64.4 Å². The van der Waals surface area contributed by atoms with Crippen molar-refractivity contribution in [2.75, 3.05) is 26.7 Å². The third kappa shape index (κ3) is 4.36. The number of carbonyl (C=O) groups excluding carboxylic acids is 2. The molecule has 2 saturated heterocycles. The fourth-order valence-corrected chi connectivity index (χ4v) is 6.79. The lowest BCUT2D eigenvalue weighted by atomic mass is 9.95. The summed E-state index contributed by atoms with van der Waals surface area (Å²) in [5.74, 6) is -0.881. The first kappa shape index (κ1) is 23.0. The molecule has 1 aromatic rings. The lowest BCUT2D eigenvalue weighted by Crippen LogP contribution is -2.51. The van der Waals surface area contributed by atoms with Gasteiger partial charge in [-0.15, -0.1) is 0 Å². The average molecular weight is 479 g/mol. The Bertz CT molecular complexity index is 1060. The number of likely N-dealkylation sites (tertiary alicyclic amines) is 2. The minimum Gasteiger partial charge on any atom is -0.336 e. The zero-order chi connectivity index (χ0) is 23.1. The van der Waals surface area contributed by atoms with Gasteiger partial charge < -0.3 is 15.1 Å². The highest BCUT2D eigenvalue weighted by Gasteiger charge is 2.51. The van der Waals surface area contributed by atoms with Crippen LogP contribution in [-0.4, -0.2) is 73.5 Å². The number of piperidine rings is 1. The van der Waals surface area contributed by atoms with Crippen LogP contribution in [0.3, 0.4) is 0 Å². The van der Waals surface area contributed by atoms with Crippen LogP contribution in [0.1, 0.15) is 32.1 Å². The number of nitriles is 1. The second kappa shape index (κ2) is 8.65. The Labute approximate surface area is 193 Å². The van der Waals surface area contributed by atoms with Crippen LogP contribution < -0.4 is 5.32 Å². The number of sulfone groups is 1. The van der Waals surface area contributed by atoms with Gasteiger partial charge in [0.05, 0.1) is 21.2 Å². The van der Waals surface area contributed by atoms with Crippen molar-refractivity contribution in [2.24, 2.45) is 5.92 Å². The first-order valence-electron chi connectivity index (χ1n) is 10.9. The number of nitrogens with zero attached hydrogens (tertiary/aromatic N) is 3. The van der Waals surface area contributed by atoms with E-state index in [1.54, 1.807) is 12.1 Å². The Morgan fingerprint density at radius 2 is 1.88 bits per heavy atom. The Hall–Kier alpha value is -2.15. The van der Waals surface area contributed by atoms with Gasteiger partial charge in [-0.2, -0.15) is 5.26 Å². The van der Waals surface area contributed by atoms with Crippen molar-refractivity contribution in [3.8, 4) is 6.07 Å². The van der Waals surface area contributed by atoms with Crippen molar-refractivity contribution >= 4 is 33.3 Å². The molecule has 1 aliphatic carbocycles. The average Bonchev–Trinajstić information content (AvgIpc) is 3.39. The molecule has 2 aliphatic heterocycles. The molecular formula is C22H27ClN4O4S. The Morgan fingerprint density at radius 3 is 2.47 bits per heavy atom. The zero-order valence-corrected chi connectivity index (χ0v) is 19.5. The Morgan fingerprint density at radius 1 is 1.22 bits per heavy atom. The molecule has 0 unspecified atom stereocenters. The number of hydrogen-bond acceptors (Lipinski definition) is 6. The van der Waals surface area contributed by atoms with E-state index < -0.39 is 32.6 Å². The third-order valence-electron chi connectivity index (χ3n) is 6.82. The molecule has 172 valence electrons. The van der Waals surface area contributed by atoms with E-state index in [2.05, 4.69) is 16.3 Å². The summed E-state index contributed by atoms with van der Waals surface area (Å²) in [5.41, 5.74) is -0.890. The standard InChI is InChI=1S/C22H27ClN4O4S/c1-26-10-6-15(7-11-26)21(29)27-13-16(32(30,31)19-5-3-2-4-17(19)23)12-18(27)20(28)25-22(14-24)8-9-22/h2-5,15-16,18H,6-13H2,1H3,(H,25,28)/t16-,18+/m1/s1. The molecule has 4 rings (SSSR count). The SMILES string of the molecule is CN1CCC(C(=O)N2C[C@H](S(=O)(=O)c3ccccc3Cl)C[C@H]2C(=O)NC2(C#N)CC2)CC1. The van der Waals surface area contributed by atoms with Gasteiger partial charge in [-0.25, -0.2) is 8.42 Å². The van der Waals surface area contributed by atoms with E-state index in [-0.39, 0.29) is 34.7 Å². The lowest BCUT2D eigenvalue weighted by molar-refractivity contribution is -0.142. The molecule has 2 atom stereocenters. The highest BCUT2D eigenvalue weighted by Crippen LogP contribution is 2.37. The predicted octanol–water partition coefficient (Wildman–Crippen LogP) is 1.60. The van der Waals surface area contributed by atoms with Crippen molar-refractivity contribution in [1.29, 1.82) is 5.26 Å². The van der Waals surface area contributed by atoms with Gasteiger partial charge in [0.2, 0.25) is 11.8 Å². The third-order valence-corrected chi connectivity index (χ3v) is 9.45. The van der Waals surface area contributed by atoms with Gasteiger partial charge in [0.25, 0.3) is 0 Å². The molecule has 2 heterocycles. The number of halogens is 1. The number of nitrogens with one attached hydrogen (secondary N) is 1. The number of benzene rings is 1. The van der Waals surface area contributed by atoms with Crippen molar-refractivity contribution in [3.63, 3.8) is 0 Å². The van der Waals surface area contributed by atoms with Crippen LogP contribution >= 0.6 is 11.6 Å². The van der Waals surface area contributed by atoms with Gasteiger partial charge in [0, 0.05) is 12.5 Å². The van der Waals surface area contributed by atoms with Crippen LogP contribution in [0.4, 0.5) is 0 Å². The Kier molecular flexibility index (Phi) is 6.23. The van der Waals surface area contributed by atoms with Crippen LogP contribution in [-0.2, 0) is 19.4 Å². The second-order valence-electron chi connectivity index (χ2n) is 9.10. The molecule has 32 heavy (non-hydrogen) atoms. The predicted molar refractivity (Wildman–Crippen MR) is 118 cm³/mol. The van der Waals surface area contributed by atoms with Crippen LogP contribution in [0, 0.1) is 17.2 Å². The first-order chi connectivity index (χ1) is 15.2. The number of amides is 2. The van der Waals surface area contributed by atoms with Crippen molar-refractivity contribution in [3.05, 3.63) is 29.3 Å². The van der Waals surface area contributed by atoms with Gasteiger partial charge in [0.15, 0.2) is 9.84 Å². The highest BCUT2D eigenvalue weighted by molar-refractivity contribution is 7.92. The van der Waals surface area contributed by atoms with Gasteiger partial charge >= 0.3 is 0 Å². The smallest absolute Gasteiger partial charge is 0.244 e. The maximum absolute atomic E-state index is 13.4. The summed E-state index contributed by atoms with van der Waals surface area (Å²) in [6.45, 7) is 1.50. The lowest BCUT2D eigenvalue weighted by Gasteiger charge is -2.33. The molecule has 1 aromatic carbocycles. The highest BCUT2D eigenvalue weighted by atomic mass is 35.5. The summed E-state index contributed by atoms with van der Waals surface area (Å²) in [6, 6.07) is 7.41.